The predicted octanol–water partition coefficient (Wildman–Crippen LogP) is 2.12. The summed E-state index contributed by atoms with van der Waals surface area (Å²) in [5.41, 5.74) is 0.483. The van der Waals surface area contributed by atoms with E-state index in [1.54, 1.807) is 50.4 Å². The van der Waals surface area contributed by atoms with Crippen LogP contribution in [0.1, 0.15) is 6.92 Å². The van der Waals surface area contributed by atoms with Crippen LogP contribution in [0.15, 0.2) is 53.4 Å². The number of sulfonamides is 1. The van der Waals surface area contributed by atoms with Gasteiger partial charge in [-0.25, -0.2) is 8.42 Å². The first kappa shape index (κ1) is 21.1. The van der Waals surface area contributed by atoms with Gasteiger partial charge in [-0.2, -0.15) is 4.31 Å². The zero-order valence-electron chi connectivity index (χ0n) is 16.3. The first-order valence-corrected chi connectivity index (χ1v) is 10.6. The lowest BCUT2D eigenvalue weighted by Crippen LogP contribution is -2.40. The van der Waals surface area contributed by atoms with E-state index in [-0.39, 0.29) is 10.8 Å². The number of hydrogen-bond donors (Lipinski definition) is 1. The zero-order chi connectivity index (χ0) is 20.9. The normalized spacial score (nSPS) is 16.1. The van der Waals surface area contributed by atoms with E-state index in [1.807, 2.05) is 0 Å². The lowest BCUT2D eigenvalue weighted by atomic mass is 10.3. The fourth-order valence-electron chi connectivity index (χ4n) is 2.82. The van der Waals surface area contributed by atoms with Crippen molar-refractivity contribution >= 4 is 21.6 Å². The Bertz CT molecular complexity index is 940. The highest BCUT2D eigenvalue weighted by Crippen LogP contribution is 2.22. The van der Waals surface area contributed by atoms with Crippen molar-refractivity contribution in [2.45, 2.75) is 17.9 Å². The molecule has 1 fully saturated rings. The van der Waals surface area contributed by atoms with Crippen molar-refractivity contribution in [3.05, 3.63) is 48.5 Å². The van der Waals surface area contributed by atoms with E-state index in [4.69, 9.17) is 14.2 Å². The van der Waals surface area contributed by atoms with Crippen LogP contribution in [0.25, 0.3) is 0 Å². The molecule has 1 heterocycles. The van der Waals surface area contributed by atoms with Crippen molar-refractivity contribution in [3.63, 3.8) is 0 Å². The van der Waals surface area contributed by atoms with E-state index in [9.17, 15) is 13.2 Å². The average molecular weight is 420 g/mol. The largest absolute Gasteiger partial charge is 0.497 e. The predicted molar refractivity (Wildman–Crippen MR) is 108 cm³/mol. The van der Waals surface area contributed by atoms with Gasteiger partial charge in [0.15, 0.2) is 6.10 Å². The zero-order valence-corrected chi connectivity index (χ0v) is 17.1. The van der Waals surface area contributed by atoms with Gasteiger partial charge in [0.2, 0.25) is 10.0 Å². The van der Waals surface area contributed by atoms with Gasteiger partial charge < -0.3 is 19.5 Å². The molecule has 1 atom stereocenters. The lowest BCUT2D eigenvalue weighted by molar-refractivity contribution is -0.122. The molecule has 0 unspecified atom stereocenters. The third kappa shape index (κ3) is 5.26. The maximum absolute atomic E-state index is 12.6. The molecule has 1 amide bonds. The van der Waals surface area contributed by atoms with Crippen LogP contribution in [0.5, 0.6) is 11.5 Å². The van der Waals surface area contributed by atoms with E-state index >= 15 is 0 Å². The van der Waals surface area contributed by atoms with Crippen LogP contribution in [0.2, 0.25) is 0 Å². The molecule has 3 rings (SSSR count). The van der Waals surface area contributed by atoms with Crippen LogP contribution in [0.3, 0.4) is 0 Å². The summed E-state index contributed by atoms with van der Waals surface area (Å²) in [6, 6.07) is 13.1. The highest BCUT2D eigenvalue weighted by molar-refractivity contribution is 7.89. The van der Waals surface area contributed by atoms with Crippen molar-refractivity contribution < 1.29 is 27.4 Å². The highest BCUT2D eigenvalue weighted by Gasteiger charge is 2.26. The number of nitrogens with zero attached hydrogens (tertiary/aromatic N) is 1. The third-order valence-electron chi connectivity index (χ3n) is 4.45. The van der Waals surface area contributed by atoms with Crippen molar-refractivity contribution in [2.24, 2.45) is 0 Å². The summed E-state index contributed by atoms with van der Waals surface area (Å²) < 4.78 is 42.6. The number of carbonyl (C=O) groups is 1. The molecule has 29 heavy (non-hydrogen) atoms. The Morgan fingerprint density at radius 2 is 1.76 bits per heavy atom. The Balaban J connectivity index is 1.61. The number of anilines is 1. The van der Waals surface area contributed by atoms with Gasteiger partial charge in [0, 0.05) is 24.8 Å². The molecule has 1 aliphatic rings. The number of carbonyl (C=O) groups excluding carboxylic acids is 1. The molecule has 156 valence electrons. The van der Waals surface area contributed by atoms with Crippen molar-refractivity contribution in [1.29, 1.82) is 0 Å². The van der Waals surface area contributed by atoms with Gasteiger partial charge in [-0.15, -0.1) is 0 Å². The molecule has 2 aromatic carbocycles. The molecule has 1 aliphatic heterocycles. The summed E-state index contributed by atoms with van der Waals surface area (Å²) in [6.07, 6.45) is -0.751. The van der Waals surface area contributed by atoms with Crippen molar-refractivity contribution in [1.82, 2.24) is 4.31 Å². The quantitative estimate of drug-likeness (QED) is 0.737. The topological polar surface area (TPSA) is 94.2 Å². The molecule has 1 saturated heterocycles. The summed E-state index contributed by atoms with van der Waals surface area (Å²) in [5, 5.41) is 2.73. The van der Waals surface area contributed by atoms with E-state index in [2.05, 4.69) is 5.32 Å². The van der Waals surface area contributed by atoms with Crippen LogP contribution in [0.4, 0.5) is 5.69 Å². The minimum absolute atomic E-state index is 0.179. The van der Waals surface area contributed by atoms with Gasteiger partial charge >= 0.3 is 0 Å². The van der Waals surface area contributed by atoms with Gasteiger partial charge in [0.25, 0.3) is 5.91 Å². The number of hydrogen-bond acceptors (Lipinski definition) is 6. The summed E-state index contributed by atoms with van der Waals surface area (Å²) in [5.74, 6) is 0.794. The summed E-state index contributed by atoms with van der Waals surface area (Å²) in [4.78, 5) is 12.6. The van der Waals surface area contributed by atoms with Crippen LogP contribution in [-0.4, -0.2) is 58.1 Å². The molecule has 0 aliphatic carbocycles. The van der Waals surface area contributed by atoms with Gasteiger partial charge in [-0.05, 0) is 43.3 Å². The standard InChI is InChI=1S/C20H24N2O6S/c1-15(28-18-5-3-4-17(14-18)26-2)20(23)21-16-6-8-19(9-7-16)29(24,25)22-10-12-27-13-11-22/h3-9,14-15H,10-13H2,1-2H3,(H,21,23)/t15-/m0/s1. The molecule has 1 N–H and O–H groups in total. The highest BCUT2D eigenvalue weighted by atomic mass is 32.2. The molecule has 8 nitrogen and oxygen atoms in total. The van der Waals surface area contributed by atoms with E-state index in [1.165, 1.54) is 16.4 Å². The van der Waals surface area contributed by atoms with Crippen LogP contribution < -0.4 is 14.8 Å². The monoisotopic (exact) mass is 420 g/mol. The number of benzene rings is 2. The van der Waals surface area contributed by atoms with Gasteiger partial charge in [-0.3, -0.25) is 4.79 Å². The number of amides is 1. The second-order valence-corrected chi connectivity index (χ2v) is 8.41. The number of morpholine rings is 1. The Morgan fingerprint density at radius 3 is 2.41 bits per heavy atom. The Labute approximate surface area is 170 Å². The molecular formula is C20H24N2O6S. The summed E-state index contributed by atoms with van der Waals surface area (Å²) in [7, 11) is -2.01. The van der Waals surface area contributed by atoms with Gasteiger partial charge in [0.1, 0.15) is 11.5 Å². The van der Waals surface area contributed by atoms with Crippen molar-refractivity contribution in [3.8, 4) is 11.5 Å². The fraction of sp³-hybridized carbons (Fsp3) is 0.350. The first-order valence-electron chi connectivity index (χ1n) is 9.19. The molecule has 9 heteroatoms. The molecule has 0 aromatic heterocycles. The van der Waals surface area contributed by atoms with Crippen LogP contribution in [-0.2, 0) is 19.6 Å². The van der Waals surface area contributed by atoms with Crippen LogP contribution in [0, 0.1) is 0 Å². The third-order valence-corrected chi connectivity index (χ3v) is 6.37. The molecule has 0 spiro atoms. The second-order valence-electron chi connectivity index (χ2n) is 6.47. The maximum atomic E-state index is 12.6. The number of methoxy groups -OCH3 is 1. The van der Waals surface area contributed by atoms with Gasteiger partial charge in [-0.1, -0.05) is 6.07 Å². The maximum Gasteiger partial charge on any atom is 0.265 e. The van der Waals surface area contributed by atoms with Crippen molar-refractivity contribution in [2.75, 3.05) is 38.7 Å². The van der Waals surface area contributed by atoms with E-state index in [0.29, 0.717) is 43.5 Å². The lowest BCUT2D eigenvalue weighted by Gasteiger charge is -2.26. The summed E-state index contributed by atoms with van der Waals surface area (Å²) in [6.45, 7) is 3.07. The Morgan fingerprint density at radius 1 is 1.10 bits per heavy atom. The summed E-state index contributed by atoms with van der Waals surface area (Å²) >= 11 is 0. The van der Waals surface area contributed by atoms with E-state index < -0.39 is 16.1 Å². The average Bonchev–Trinajstić information content (AvgIpc) is 2.75. The number of rotatable bonds is 7. The number of nitrogens with one attached hydrogen (secondary N) is 1. The Kier molecular flexibility index (Phi) is 6.73. The number of ether oxygens (including phenoxy) is 3. The molecule has 0 saturated carbocycles. The minimum Gasteiger partial charge on any atom is -0.497 e. The molecular weight excluding hydrogens is 396 g/mol. The Hall–Kier alpha value is -2.62. The SMILES string of the molecule is COc1cccc(O[C@@H](C)C(=O)Nc2ccc(S(=O)(=O)N3CCOCC3)cc2)c1. The van der Waals surface area contributed by atoms with Gasteiger partial charge in [0.05, 0.1) is 25.2 Å². The molecule has 2 aromatic rings. The van der Waals surface area contributed by atoms with E-state index in [0.717, 1.165) is 0 Å². The van der Waals surface area contributed by atoms with Crippen LogP contribution >= 0.6 is 0 Å². The molecule has 0 radical (unpaired) electrons. The molecule has 0 bridgehead atoms. The second kappa shape index (κ2) is 9.25. The first-order chi connectivity index (χ1) is 13.9. The fourth-order valence-corrected chi connectivity index (χ4v) is 4.23. The minimum atomic E-state index is -3.57. The smallest absolute Gasteiger partial charge is 0.265 e.